The molecule has 3 rings (SSSR count). The van der Waals surface area contributed by atoms with Gasteiger partial charge in [-0.2, -0.15) is 0 Å². The molecule has 0 spiro atoms. The molecule has 0 aliphatic heterocycles. The largest absolute Gasteiger partial charge is 0.294 e. The van der Waals surface area contributed by atoms with E-state index in [0.29, 0.717) is 16.1 Å². The summed E-state index contributed by atoms with van der Waals surface area (Å²) in [6, 6.07) is 19.7. The van der Waals surface area contributed by atoms with Crippen molar-refractivity contribution in [3.63, 3.8) is 0 Å². The molecule has 0 aliphatic carbocycles. The maximum atomic E-state index is 12.9. The molecule has 1 atom stereocenters. The smallest absolute Gasteiger partial charge is 0.171 e. The summed E-state index contributed by atoms with van der Waals surface area (Å²) >= 11 is 7.37. The van der Waals surface area contributed by atoms with Crippen LogP contribution in [0.15, 0.2) is 72.1 Å². The number of hydrogen-bond donors (Lipinski definition) is 0. The third-order valence-electron chi connectivity index (χ3n) is 3.82. The second-order valence-corrected chi connectivity index (χ2v) is 6.85. The molecule has 0 saturated heterocycles. The van der Waals surface area contributed by atoms with Gasteiger partial charge in [-0.1, -0.05) is 48.0 Å². The number of ketones is 2. The van der Waals surface area contributed by atoms with Gasteiger partial charge in [0, 0.05) is 27.4 Å². The molecule has 0 N–H and O–H groups in total. The topological polar surface area (TPSA) is 34.1 Å². The van der Waals surface area contributed by atoms with Crippen molar-refractivity contribution in [2.24, 2.45) is 0 Å². The Labute approximate surface area is 149 Å². The standard InChI is InChI=1S/C20H15ClO2S/c21-16-10-8-14(9-11-16)18(22)13-17(19-7-4-12-24-19)20(23)15-5-2-1-3-6-15/h1-12,17H,13H2/t17-/m0/s1. The number of halogens is 1. The summed E-state index contributed by atoms with van der Waals surface area (Å²) in [5.41, 5.74) is 1.20. The number of rotatable bonds is 6. The second-order valence-electron chi connectivity index (χ2n) is 5.43. The van der Waals surface area contributed by atoms with Gasteiger partial charge in [-0.3, -0.25) is 9.59 Å². The molecule has 4 heteroatoms. The zero-order chi connectivity index (χ0) is 16.9. The highest BCUT2D eigenvalue weighted by Crippen LogP contribution is 2.29. The van der Waals surface area contributed by atoms with Gasteiger partial charge in [0.15, 0.2) is 11.6 Å². The maximum Gasteiger partial charge on any atom is 0.171 e. The molecule has 0 fully saturated rings. The summed E-state index contributed by atoms with van der Waals surface area (Å²) in [5.74, 6) is -0.551. The zero-order valence-electron chi connectivity index (χ0n) is 12.8. The van der Waals surface area contributed by atoms with Crippen molar-refractivity contribution in [3.05, 3.63) is 93.1 Å². The summed E-state index contributed by atoms with van der Waals surface area (Å²) in [5, 5.41) is 2.51. The zero-order valence-corrected chi connectivity index (χ0v) is 14.4. The van der Waals surface area contributed by atoms with Crippen LogP contribution in [0.5, 0.6) is 0 Å². The van der Waals surface area contributed by atoms with Crippen LogP contribution in [-0.4, -0.2) is 11.6 Å². The summed E-state index contributed by atoms with van der Waals surface area (Å²) in [7, 11) is 0. The van der Waals surface area contributed by atoms with Gasteiger partial charge in [0.1, 0.15) is 0 Å². The number of carbonyl (C=O) groups is 2. The van der Waals surface area contributed by atoms with E-state index in [1.165, 1.54) is 11.3 Å². The van der Waals surface area contributed by atoms with E-state index in [0.717, 1.165) is 4.88 Å². The van der Waals surface area contributed by atoms with Gasteiger partial charge in [0.2, 0.25) is 0 Å². The van der Waals surface area contributed by atoms with Crippen molar-refractivity contribution < 1.29 is 9.59 Å². The molecule has 24 heavy (non-hydrogen) atoms. The van der Waals surface area contributed by atoms with E-state index >= 15 is 0 Å². The quantitative estimate of drug-likeness (QED) is 0.537. The Morgan fingerprint density at radius 1 is 0.875 bits per heavy atom. The molecule has 3 aromatic rings. The number of carbonyl (C=O) groups excluding carboxylic acids is 2. The Hall–Kier alpha value is -2.23. The molecule has 0 radical (unpaired) electrons. The van der Waals surface area contributed by atoms with Crippen molar-refractivity contribution in [2.45, 2.75) is 12.3 Å². The third kappa shape index (κ3) is 3.81. The SMILES string of the molecule is O=C(C[C@H](C(=O)c1ccccc1)c1cccs1)c1ccc(Cl)cc1. The molecule has 1 aromatic heterocycles. The number of thiophene rings is 1. The third-order valence-corrected chi connectivity index (χ3v) is 5.06. The lowest BCUT2D eigenvalue weighted by Crippen LogP contribution is -2.16. The lowest BCUT2D eigenvalue weighted by Gasteiger charge is -2.14. The highest BCUT2D eigenvalue weighted by atomic mass is 35.5. The Morgan fingerprint density at radius 2 is 1.58 bits per heavy atom. The summed E-state index contributed by atoms with van der Waals surface area (Å²) < 4.78 is 0. The highest BCUT2D eigenvalue weighted by Gasteiger charge is 2.26. The number of Topliss-reactive ketones (excluding diaryl/α,β-unsaturated/α-hetero) is 2. The van der Waals surface area contributed by atoms with Crippen LogP contribution in [-0.2, 0) is 0 Å². The normalized spacial score (nSPS) is 11.9. The van der Waals surface area contributed by atoms with Crippen molar-refractivity contribution in [1.29, 1.82) is 0 Å². The number of hydrogen-bond acceptors (Lipinski definition) is 3. The molecule has 0 aliphatic rings. The van der Waals surface area contributed by atoms with Crippen molar-refractivity contribution in [2.75, 3.05) is 0 Å². The molecular formula is C20H15ClO2S. The van der Waals surface area contributed by atoms with Crippen molar-refractivity contribution in [1.82, 2.24) is 0 Å². The van der Waals surface area contributed by atoms with Gasteiger partial charge in [-0.05, 0) is 35.7 Å². The van der Waals surface area contributed by atoms with E-state index in [4.69, 9.17) is 11.6 Å². The van der Waals surface area contributed by atoms with Gasteiger partial charge in [-0.15, -0.1) is 11.3 Å². The van der Waals surface area contributed by atoms with Crippen molar-refractivity contribution >= 4 is 34.5 Å². The van der Waals surface area contributed by atoms with Crippen LogP contribution in [0.2, 0.25) is 5.02 Å². The van der Waals surface area contributed by atoms with Gasteiger partial charge >= 0.3 is 0 Å². The predicted molar refractivity (Wildman–Crippen MR) is 98.2 cm³/mol. The second kappa shape index (κ2) is 7.56. The fraction of sp³-hybridized carbons (Fsp3) is 0.100. The van der Waals surface area contributed by atoms with Crippen LogP contribution in [0.3, 0.4) is 0 Å². The first-order chi connectivity index (χ1) is 11.6. The maximum absolute atomic E-state index is 12.9. The van der Waals surface area contributed by atoms with E-state index in [2.05, 4.69) is 0 Å². The minimum Gasteiger partial charge on any atom is -0.294 e. The van der Waals surface area contributed by atoms with Crippen LogP contribution in [0.4, 0.5) is 0 Å². The first kappa shape index (κ1) is 16.6. The lowest BCUT2D eigenvalue weighted by atomic mass is 9.89. The molecule has 2 nitrogen and oxygen atoms in total. The Balaban J connectivity index is 1.87. The summed E-state index contributed by atoms with van der Waals surface area (Å²) in [6.45, 7) is 0. The number of benzene rings is 2. The molecule has 0 saturated carbocycles. The Morgan fingerprint density at radius 3 is 2.21 bits per heavy atom. The predicted octanol–water partition coefficient (Wildman–Crippen LogP) is 5.64. The van der Waals surface area contributed by atoms with Crippen LogP contribution >= 0.6 is 22.9 Å². The molecule has 1 heterocycles. The first-order valence-electron chi connectivity index (χ1n) is 7.56. The molecule has 2 aromatic carbocycles. The minimum absolute atomic E-state index is 0.0274. The summed E-state index contributed by atoms with van der Waals surface area (Å²) in [6.07, 6.45) is 0.149. The van der Waals surface area contributed by atoms with Crippen LogP contribution in [0.25, 0.3) is 0 Å². The van der Waals surface area contributed by atoms with E-state index in [1.807, 2.05) is 35.7 Å². The van der Waals surface area contributed by atoms with Gasteiger partial charge in [-0.25, -0.2) is 0 Å². The van der Waals surface area contributed by atoms with Gasteiger partial charge < -0.3 is 0 Å². The summed E-state index contributed by atoms with van der Waals surface area (Å²) in [4.78, 5) is 26.4. The highest BCUT2D eigenvalue weighted by molar-refractivity contribution is 7.10. The Kier molecular flexibility index (Phi) is 5.24. The molecule has 0 unspecified atom stereocenters. The monoisotopic (exact) mass is 354 g/mol. The first-order valence-corrected chi connectivity index (χ1v) is 8.82. The fourth-order valence-corrected chi connectivity index (χ4v) is 3.51. The minimum atomic E-state index is -0.462. The molecule has 120 valence electrons. The van der Waals surface area contributed by atoms with E-state index in [9.17, 15) is 9.59 Å². The average molecular weight is 355 g/mol. The lowest BCUT2D eigenvalue weighted by molar-refractivity contribution is 0.0895. The van der Waals surface area contributed by atoms with E-state index < -0.39 is 5.92 Å². The molecule has 0 bridgehead atoms. The molecule has 0 amide bonds. The van der Waals surface area contributed by atoms with E-state index in [1.54, 1.807) is 36.4 Å². The molecular weight excluding hydrogens is 340 g/mol. The van der Waals surface area contributed by atoms with E-state index in [-0.39, 0.29) is 18.0 Å². The van der Waals surface area contributed by atoms with Crippen LogP contribution in [0, 0.1) is 0 Å². The van der Waals surface area contributed by atoms with Crippen LogP contribution < -0.4 is 0 Å². The van der Waals surface area contributed by atoms with Crippen LogP contribution in [0.1, 0.15) is 37.9 Å². The Bertz CT molecular complexity index is 824. The van der Waals surface area contributed by atoms with Gasteiger partial charge in [0.05, 0.1) is 5.92 Å². The average Bonchev–Trinajstić information content (AvgIpc) is 3.14. The van der Waals surface area contributed by atoms with Gasteiger partial charge in [0.25, 0.3) is 0 Å². The van der Waals surface area contributed by atoms with Crippen molar-refractivity contribution in [3.8, 4) is 0 Å². The fourth-order valence-electron chi connectivity index (χ4n) is 2.55.